The fraction of sp³-hybridized carbons (Fsp3) is 0.615. The van der Waals surface area contributed by atoms with Crippen molar-refractivity contribution >= 4 is 29.5 Å². The van der Waals surface area contributed by atoms with Gasteiger partial charge in [-0.25, -0.2) is 9.78 Å². The molecule has 10 nitrogen and oxygen atoms in total. The molecule has 2 saturated heterocycles. The van der Waals surface area contributed by atoms with Crippen molar-refractivity contribution in [3.63, 3.8) is 0 Å². The lowest BCUT2D eigenvalue weighted by atomic mass is 9.98. The second kappa shape index (κ2) is 11.9. The highest BCUT2D eigenvalue weighted by molar-refractivity contribution is 6.03. The Hall–Kier alpha value is -3.72. The van der Waals surface area contributed by atoms with Gasteiger partial charge in [0.2, 0.25) is 5.76 Å². The number of halogens is 6. The second-order valence-corrected chi connectivity index (χ2v) is 10.6. The number of anilines is 3. The Morgan fingerprint density at radius 2 is 1.64 bits per heavy atom. The van der Waals surface area contributed by atoms with Crippen LogP contribution in [0.2, 0.25) is 0 Å². The topological polar surface area (TPSA) is 104 Å². The molecule has 0 aromatic carbocycles. The Labute approximate surface area is 237 Å². The highest BCUT2D eigenvalue weighted by Gasteiger charge is 2.45. The van der Waals surface area contributed by atoms with E-state index in [0.717, 1.165) is 30.6 Å². The monoisotopic (exact) mass is 604 g/mol. The van der Waals surface area contributed by atoms with Gasteiger partial charge in [-0.15, -0.1) is 0 Å². The molecule has 2 aromatic heterocycles. The molecule has 0 radical (unpaired) electrons. The molecule has 2 amide bonds. The SMILES string of the molecule is O=C(Nc1ccc(N2CCN(C(=O)OC3CCCC3)CC2)nc1)c1oc(N2CCCC(C(F)(F)F)C2)nc1C(F)(F)F. The third kappa shape index (κ3) is 6.84. The van der Waals surface area contributed by atoms with Gasteiger partial charge in [0.1, 0.15) is 11.9 Å². The number of amides is 2. The number of carbonyl (C=O) groups is 2. The molecule has 4 heterocycles. The van der Waals surface area contributed by atoms with Crippen molar-refractivity contribution in [2.75, 3.05) is 54.4 Å². The highest BCUT2D eigenvalue weighted by Crippen LogP contribution is 2.38. The number of rotatable bonds is 5. The lowest BCUT2D eigenvalue weighted by Crippen LogP contribution is -2.49. The zero-order valence-corrected chi connectivity index (χ0v) is 22.5. The van der Waals surface area contributed by atoms with E-state index in [4.69, 9.17) is 9.15 Å². The summed E-state index contributed by atoms with van der Waals surface area (Å²) in [6.07, 6.45) is -4.90. The van der Waals surface area contributed by atoms with Gasteiger partial charge in [-0.1, -0.05) is 0 Å². The van der Waals surface area contributed by atoms with Gasteiger partial charge in [-0.05, 0) is 50.7 Å². The van der Waals surface area contributed by atoms with Crippen molar-refractivity contribution in [3.8, 4) is 0 Å². The van der Waals surface area contributed by atoms with Gasteiger partial charge in [0, 0.05) is 39.3 Å². The first-order valence-electron chi connectivity index (χ1n) is 13.8. The van der Waals surface area contributed by atoms with Crippen LogP contribution in [0.25, 0.3) is 0 Å². The van der Waals surface area contributed by atoms with E-state index in [1.165, 1.54) is 12.3 Å². The Morgan fingerprint density at radius 3 is 2.26 bits per heavy atom. The summed E-state index contributed by atoms with van der Waals surface area (Å²) in [6, 6.07) is 2.33. The van der Waals surface area contributed by atoms with Crippen molar-refractivity contribution < 1.29 is 45.1 Å². The predicted octanol–water partition coefficient (Wildman–Crippen LogP) is 5.32. The van der Waals surface area contributed by atoms with Gasteiger partial charge in [-0.3, -0.25) is 4.79 Å². The second-order valence-electron chi connectivity index (χ2n) is 10.6. The molecule has 0 spiro atoms. The van der Waals surface area contributed by atoms with Gasteiger partial charge in [0.15, 0.2) is 5.69 Å². The van der Waals surface area contributed by atoms with Gasteiger partial charge in [0.05, 0.1) is 17.8 Å². The average Bonchev–Trinajstić information content (AvgIpc) is 3.64. The van der Waals surface area contributed by atoms with E-state index in [1.54, 1.807) is 11.0 Å². The fourth-order valence-electron chi connectivity index (χ4n) is 5.38. The molecule has 0 bridgehead atoms. The molecule has 5 rings (SSSR count). The molecule has 42 heavy (non-hydrogen) atoms. The number of hydrogen-bond donors (Lipinski definition) is 1. The maximum Gasteiger partial charge on any atom is 0.437 e. The number of aromatic nitrogens is 2. The molecule has 1 atom stereocenters. The maximum absolute atomic E-state index is 13.7. The average molecular weight is 605 g/mol. The molecule has 1 saturated carbocycles. The first kappa shape index (κ1) is 29.8. The molecule has 230 valence electrons. The van der Waals surface area contributed by atoms with Crippen LogP contribution in [0, 0.1) is 5.92 Å². The Morgan fingerprint density at radius 1 is 0.929 bits per heavy atom. The van der Waals surface area contributed by atoms with Crippen molar-refractivity contribution in [3.05, 3.63) is 29.8 Å². The van der Waals surface area contributed by atoms with Crippen LogP contribution in [0.15, 0.2) is 22.7 Å². The summed E-state index contributed by atoms with van der Waals surface area (Å²) in [6.45, 7) is 1.22. The maximum atomic E-state index is 13.7. The van der Waals surface area contributed by atoms with E-state index in [0.29, 0.717) is 32.0 Å². The molecule has 1 aliphatic carbocycles. The van der Waals surface area contributed by atoms with Crippen LogP contribution >= 0.6 is 0 Å². The third-order valence-corrected chi connectivity index (χ3v) is 7.68. The lowest BCUT2D eigenvalue weighted by molar-refractivity contribution is -0.176. The number of ether oxygens (including phenoxy) is 1. The number of piperazine rings is 1. The van der Waals surface area contributed by atoms with Crippen molar-refractivity contribution in [1.82, 2.24) is 14.9 Å². The van der Waals surface area contributed by atoms with Gasteiger partial charge >= 0.3 is 18.4 Å². The van der Waals surface area contributed by atoms with Crippen LogP contribution in [0.1, 0.15) is 54.8 Å². The zero-order chi connectivity index (χ0) is 30.1. The number of alkyl halides is 6. The molecule has 1 N–H and O–H groups in total. The summed E-state index contributed by atoms with van der Waals surface area (Å²) in [5.74, 6) is -3.63. The van der Waals surface area contributed by atoms with Gasteiger partial charge in [-0.2, -0.15) is 31.3 Å². The minimum atomic E-state index is -5.08. The molecule has 16 heteroatoms. The number of nitrogens with one attached hydrogen (secondary N) is 1. The molecule has 1 unspecified atom stereocenters. The van der Waals surface area contributed by atoms with Gasteiger partial charge in [0.25, 0.3) is 11.9 Å². The minimum Gasteiger partial charge on any atom is -0.446 e. The van der Waals surface area contributed by atoms with Crippen molar-refractivity contribution in [2.45, 2.75) is 57.0 Å². The van der Waals surface area contributed by atoms with Crippen LogP contribution in [0.5, 0.6) is 0 Å². The van der Waals surface area contributed by atoms with Crippen molar-refractivity contribution in [1.29, 1.82) is 0 Å². The third-order valence-electron chi connectivity index (χ3n) is 7.68. The molecule has 2 aliphatic heterocycles. The molecule has 2 aromatic rings. The summed E-state index contributed by atoms with van der Waals surface area (Å²) < 4.78 is 91.3. The summed E-state index contributed by atoms with van der Waals surface area (Å²) in [5.41, 5.74) is -1.55. The summed E-state index contributed by atoms with van der Waals surface area (Å²) in [5, 5.41) is 2.28. The summed E-state index contributed by atoms with van der Waals surface area (Å²) in [7, 11) is 0. The molecular formula is C26H30F6N6O4. The summed E-state index contributed by atoms with van der Waals surface area (Å²) in [4.78, 5) is 37.3. The van der Waals surface area contributed by atoms with E-state index in [2.05, 4.69) is 15.3 Å². The van der Waals surface area contributed by atoms with Crippen molar-refractivity contribution in [2.24, 2.45) is 5.92 Å². The normalized spacial score (nSPS) is 20.6. The Balaban J connectivity index is 1.20. The number of carbonyl (C=O) groups excluding carboxylic acids is 2. The summed E-state index contributed by atoms with van der Waals surface area (Å²) >= 11 is 0. The first-order valence-corrected chi connectivity index (χ1v) is 13.8. The van der Waals surface area contributed by atoms with E-state index in [1.807, 2.05) is 4.90 Å². The number of piperidine rings is 1. The Bertz CT molecular complexity index is 1250. The molecule has 3 aliphatic rings. The van der Waals surface area contributed by atoms with E-state index in [-0.39, 0.29) is 37.3 Å². The van der Waals surface area contributed by atoms with Crippen LogP contribution in [0.4, 0.5) is 48.7 Å². The fourth-order valence-corrected chi connectivity index (χ4v) is 5.38. The number of pyridine rings is 1. The molecule has 3 fully saturated rings. The Kier molecular flexibility index (Phi) is 8.42. The van der Waals surface area contributed by atoms with Crippen LogP contribution < -0.4 is 15.1 Å². The van der Waals surface area contributed by atoms with Crippen LogP contribution in [0.3, 0.4) is 0 Å². The van der Waals surface area contributed by atoms with E-state index in [9.17, 15) is 35.9 Å². The smallest absolute Gasteiger partial charge is 0.437 e. The quantitative estimate of drug-likeness (QED) is 0.458. The van der Waals surface area contributed by atoms with Crippen LogP contribution in [-0.4, -0.2) is 78.4 Å². The zero-order valence-electron chi connectivity index (χ0n) is 22.5. The predicted molar refractivity (Wildman–Crippen MR) is 137 cm³/mol. The standard InChI is InChI=1S/C26H30F6N6O4/c27-25(28,29)16-4-3-9-38(15-16)23-35-21(26(30,31)32)20(42-23)22(39)34-17-7-8-19(33-14-17)36-10-12-37(13-11-36)24(40)41-18-5-1-2-6-18/h7-8,14,16,18H,1-6,9-13,15H2,(H,34,39). The minimum absolute atomic E-state index is 0.00674. The van der Waals surface area contributed by atoms with Crippen LogP contribution in [-0.2, 0) is 10.9 Å². The number of oxazole rings is 1. The first-order chi connectivity index (χ1) is 19.9. The lowest BCUT2D eigenvalue weighted by Gasteiger charge is -2.35. The van der Waals surface area contributed by atoms with Gasteiger partial charge < -0.3 is 29.2 Å². The van der Waals surface area contributed by atoms with E-state index < -0.39 is 48.2 Å². The number of nitrogens with zero attached hydrogens (tertiary/aromatic N) is 5. The largest absolute Gasteiger partial charge is 0.446 e. The number of hydrogen-bond acceptors (Lipinski definition) is 8. The van der Waals surface area contributed by atoms with E-state index >= 15 is 0 Å². The highest BCUT2D eigenvalue weighted by atomic mass is 19.4. The molecular weight excluding hydrogens is 574 g/mol.